The Morgan fingerprint density at radius 1 is 1.22 bits per heavy atom. The Morgan fingerprint density at radius 3 is 2.39 bits per heavy atom. The summed E-state index contributed by atoms with van der Waals surface area (Å²) in [6.07, 6.45) is 0.934. The molecule has 1 aliphatic heterocycles. The van der Waals surface area contributed by atoms with E-state index in [1.165, 1.54) is 11.1 Å². The van der Waals surface area contributed by atoms with Crippen molar-refractivity contribution >= 4 is 24.8 Å². The second kappa shape index (κ2) is 10.8. The van der Waals surface area contributed by atoms with Crippen molar-refractivity contribution < 1.29 is 9.47 Å². The molecule has 1 fully saturated rings. The largest absolute Gasteiger partial charge is 0.497 e. The van der Waals surface area contributed by atoms with Gasteiger partial charge in [-0.05, 0) is 31.5 Å². The van der Waals surface area contributed by atoms with E-state index in [-0.39, 0.29) is 30.9 Å². The molecule has 1 heterocycles. The van der Waals surface area contributed by atoms with E-state index in [1.54, 1.807) is 14.2 Å². The Bertz CT molecular complexity index is 491. The van der Waals surface area contributed by atoms with Gasteiger partial charge in [0.15, 0.2) is 0 Å². The van der Waals surface area contributed by atoms with Crippen LogP contribution >= 0.6 is 24.8 Å². The van der Waals surface area contributed by atoms with Crippen molar-refractivity contribution in [3.8, 4) is 11.5 Å². The van der Waals surface area contributed by atoms with Crippen molar-refractivity contribution in [3.63, 3.8) is 0 Å². The third-order valence-electron chi connectivity index (χ3n) is 3.93. The molecule has 0 amide bonds. The highest BCUT2D eigenvalue weighted by Gasteiger charge is 2.25. The van der Waals surface area contributed by atoms with Crippen molar-refractivity contribution in [2.24, 2.45) is 0 Å². The van der Waals surface area contributed by atoms with Crippen molar-refractivity contribution in [2.45, 2.75) is 19.4 Å². The maximum Gasteiger partial charge on any atom is 0.123 e. The zero-order valence-corrected chi connectivity index (χ0v) is 15.8. The van der Waals surface area contributed by atoms with Gasteiger partial charge in [-0.1, -0.05) is 5.57 Å². The number of hydrogen-bond donors (Lipinski definition) is 1. The van der Waals surface area contributed by atoms with E-state index < -0.39 is 0 Å². The standard InChI is InChI=1S/C17H26N2O2.2ClH/c1-13(2)11-16(19-9-7-18-8-10-19)15-12-14(20-3)5-6-17(15)21-4;;/h5-6,12,16,18H,1,7-11H2,2-4H3;2*1H/t16-;;/m0../s1. The Morgan fingerprint density at radius 2 is 1.87 bits per heavy atom. The summed E-state index contributed by atoms with van der Waals surface area (Å²) in [5.41, 5.74) is 2.37. The normalized spacial score (nSPS) is 15.8. The number of benzene rings is 1. The van der Waals surface area contributed by atoms with Gasteiger partial charge in [-0.25, -0.2) is 0 Å². The summed E-state index contributed by atoms with van der Waals surface area (Å²) in [6, 6.07) is 6.31. The second-order valence-corrected chi connectivity index (χ2v) is 5.57. The fraction of sp³-hybridized carbons (Fsp3) is 0.529. The molecule has 0 unspecified atom stereocenters. The second-order valence-electron chi connectivity index (χ2n) is 5.57. The number of methoxy groups -OCH3 is 2. The van der Waals surface area contributed by atoms with Gasteiger partial charge in [0.1, 0.15) is 11.5 Å². The van der Waals surface area contributed by atoms with Gasteiger partial charge < -0.3 is 14.8 Å². The molecule has 0 radical (unpaired) electrons. The van der Waals surface area contributed by atoms with E-state index in [0.717, 1.165) is 44.1 Å². The molecule has 23 heavy (non-hydrogen) atoms. The predicted octanol–water partition coefficient (Wildman–Crippen LogP) is 3.46. The van der Waals surface area contributed by atoms with Gasteiger partial charge in [0.05, 0.1) is 14.2 Å². The number of piperazine rings is 1. The first-order chi connectivity index (χ1) is 10.2. The van der Waals surface area contributed by atoms with Crippen LogP contribution in [0.15, 0.2) is 30.4 Å². The molecule has 1 aromatic carbocycles. The molecule has 0 saturated carbocycles. The molecular formula is C17H28Cl2N2O2. The van der Waals surface area contributed by atoms with Crippen LogP contribution in [-0.2, 0) is 0 Å². The third kappa shape index (κ3) is 5.88. The van der Waals surface area contributed by atoms with Crippen LogP contribution in [-0.4, -0.2) is 45.3 Å². The van der Waals surface area contributed by atoms with Gasteiger partial charge in [0.2, 0.25) is 0 Å². The average molecular weight is 363 g/mol. The van der Waals surface area contributed by atoms with Crippen molar-refractivity contribution in [2.75, 3.05) is 40.4 Å². The first-order valence-corrected chi connectivity index (χ1v) is 7.46. The van der Waals surface area contributed by atoms with Crippen LogP contribution < -0.4 is 14.8 Å². The zero-order valence-electron chi connectivity index (χ0n) is 14.1. The van der Waals surface area contributed by atoms with Crippen LogP contribution in [0.3, 0.4) is 0 Å². The fourth-order valence-corrected chi connectivity index (χ4v) is 2.86. The summed E-state index contributed by atoms with van der Waals surface area (Å²) in [4.78, 5) is 2.50. The molecule has 1 saturated heterocycles. The summed E-state index contributed by atoms with van der Waals surface area (Å²) in [6.45, 7) is 10.3. The van der Waals surface area contributed by atoms with Crippen LogP contribution in [0, 0.1) is 0 Å². The van der Waals surface area contributed by atoms with Crippen LogP contribution in [0.4, 0.5) is 0 Å². The number of halogens is 2. The molecule has 1 atom stereocenters. The maximum absolute atomic E-state index is 5.57. The van der Waals surface area contributed by atoms with Crippen LogP contribution in [0.2, 0.25) is 0 Å². The minimum Gasteiger partial charge on any atom is -0.497 e. The summed E-state index contributed by atoms with van der Waals surface area (Å²) >= 11 is 0. The van der Waals surface area contributed by atoms with Gasteiger partial charge in [0, 0.05) is 37.8 Å². The lowest BCUT2D eigenvalue weighted by molar-refractivity contribution is 0.169. The highest BCUT2D eigenvalue weighted by molar-refractivity contribution is 5.85. The van der Waals surface area contributed by atoms with Crippen LogP contribution in [0.25, 0.3) is 0 Å². The number of nitrogens with one attached hydrogen (secondary N) is 1. The quantitative estimate of drug-likeness (QED) is 0.785. The van der Waals surface area contributed by atoms with Gasteiger partial charge in [-0.3, -0.25) is 4.90 Å². The van der Waals surface area contributed by atoms with Crippen molar-refractivity contribution in [1.82, 2.24) is 10.2 Å². The van der Waals surface area contributed by atoms with Gasteiger partial charge in [-0.15, -0.1) is 31.4 Å². The summed E-state index contributed by atoms with van der Waals surface area (Å²) in [7, 11) is 3.42. The highest BCUT2D eigenvalue weighted by atomic mass is 35.5. The average Bonchev–Trinajstić information content (AvgIpc) is 2.52. The van der Waals surface area contributed by atoms with Gasteiger partial charge >= 0.3 is 0 Å². The van der Waals surface area contributed by atoms with E-state index in [0.29, 0.717) is 0 Å². The number of hydrogen-bond acceptors (Lipinski definition) is 4. The molecule has 1 N–H and O–H groups in total. The molecule has 1 aromatic rings. The summed E-state index contributed by atoms with van der Waals surface area (Å²) in [5, 5.41) is 3.41. The molecule has 1 aliphatic rings. The number of nitrogens with zero attached hydrogens (tertiary/aromatic N) is 1. The van der Waals surface area contributed by atoms with E-state index >= 15 is 0 Å². The summed E-state index contributed by atoms with van der Waals surface area (Å²) in [5.74, 6) is 1.79. The minimum absolute atomic E-state index is 0. The molecule has 0 bridgehead atoms. The first kappa shape index (κ1) is 22.1. The zero-order chi connectivity index (χ0) is 15.2. The topological polar surface area (TPSA) is 33.7 Å². The molecule has 0 aliphatic carbocycles. The van der Waals surface area contributed by atoms with Crippen LogP contribution in [0.1, 0.15) is 24.9 Å². The van der Waals surface area contributed by atoms with Crippen molar-refractivity contribution in [3.05, 3.63) is 35.9 Å². The summed E-state index contributed by atoms with van der Waals surface area (Å²) < 4.78 is 11.0. The number of rotatable bonds is 6. The molecule has 2 rings (SSSR count). The fourth-order valence-electron chi connectivity index (χ4n) is 2.86. The van der Waals surface area contributed by atoms with E-state index in [9.17, 15) is 0 Å². The van der Waals surface area contributed by atoms with E-state index in [2.05, 4.69) is 29.8 Å². The number of ether oxygens (including phenoxy) is 2. The Kier molecular flexibility index (Phi) is 10.3. The molecule has 4 nitrogen and oxygen atoms in total. The predicted molar refractivity (Wildman–Crippen MR) is 101 cm³/mol. The molecular weight excluding hydrogens is 335 g/mol. The molecule has 6 heteroatoms. The monoisotopic (exact) mass is 362 g/mol. The Balaban J connectivity index is 0.00000242. The van der Waals surface area contributed by atoms with E-state index in [4.69, 9.17) is 9.47 Å². The molecule has 132 valence electrons. The lowest BCUT2D eigenvalue weighted by Gasteiger charge is -2.36. The molecule has 0 spiro atoms. The van der Waals surface area contributed by atoms with Gasteiger partial charge in [0.25, 0.3) is 0 Å². The SMILES string of the molecule is C=C(C)C[C@@H](c1cc(OC)ccc1OC)N1CCNCC1.Cl.Cl. The van der Waals surface area contributed by atoms with Gasteiger partial charge in [-0.2, -0.15) is 0 Å². The lowest BCUT2D eigenvalue weighted by atomic mass is 9.96. The first-order valence-electron chi connectivity index (χ1n) is 7.46. The molecule has 0 aromatic heterocycles. The highest BCUT2D eigenvalue weighted by Crippen LogP contribution is 2.36. The van der Waals surface area contributed by atoms with E-state index in [1.807, 2.05) is 12.1 Å². The Labute approximate surface area is 152 Å². The smallest absolute Gasteiger partial charge is 0.123 e. The minimum atomic E-state index is 0. The maximum atomic E-state index is 5.57. The lowest BCUT2D eigenvalue weighted by Crippen LogP contribution is -2.45. The van der Waals surface area contributed by atoms with Crippen LogP contribution in [0.5, 0.6) is 11.5 Å². The Hall–Kier alpha value is -0.940. The third-order valence-corrected chi connectivity index (χ3v) is 3.93. The van der Waals surface area contributed by atoms with Crippen molar-refractivity contribution in [1.29, 1.82) is 0 Å².